The minimum Gasteiger partial charge on any atom is -0.497 e. The number of imide groups is 1. The van der Waals surface area contributed by atoms with E-state index in [-0.39, 0.29) is 11.7 Å². The maximum absolute atomic E-state index is 12.9. The van der Waals surface area contributed by atoms with Crippen LogP contribution in [0.2, 0.25) is 0 Å². The molecule has 0 saturated heterocycles. The van der Waals surface area contributed by atoms with Crippen LogP contribution >= 0.6 is 0 Å². The number of rotatable bonds is 6. The molecule has 0 unspecified atom stereocenters. The van der Waals surface area contributed by atoms with E-state index in [4.69, 9.17) is 9.47 Å². The molecule has 0 radical (unpaired) electrons. The Morgan fingerprint density at radius 3 is 2.50 bits per heavy atom. The lowest BCUT2D eigenvalue weighted by atomic mass is 10.0. The summed E-state index contributed by atoms with van der Waals surface area (Å²) in [5, 5.41) is 0. The van der Waals surface area contributed by atoms with E-state index in [0.717, 1.165) is 17.7 Å². The second-order valence-corrected chi connectivity index (χ2v) is 5.73. The Balaban J connectivity index is 2.59. The second-order valence-electron chi connectivity index (χ2n) is 5.73. The Morgan fingerprint density at radius 2 is 1.92 bits per heavy atom. The van der Waals surface area contributed by atoms with E-state index in [1.807, 2.05) is 13.8 Å². The molecule has 7 nitrogen and oxygen atoms in total. The van der Waals surface area contributed by atoms with Gasteiger partial charge in [0.15, 0.2) is 0 Å². The average Bonchev–Trinajstić information content (AvgIpc) is 2.90. The first kappa shape index (κ1) is 19.5. The molecule has 2 amide bonds. The van der Waals surface area contributed by atoms with Gasteiger partial charge in [0.25, 0.3) is 5.91 Å². The lowest BCUT2D eigenvalue weighted by Crippen LogP contribution is -2.31. The van der Waals surface area contributed by atoms with E-state index in [0.29, 0.717) is 35.6 Å². The van der Waals surface area contributed by atoms with Gasteiger partial charge < -0.3 is 14.2 Å². The summed E-state index contributed by atoms with van der Waals surface area (Å²) in [7, 11) is 1.21. The first-order valence-electron chi connectivity index (χ1n) is 8.55. The summed E-state index contributed by atoms with van der Waals surface area (Å²) in [5.41, 5.74) is 1.29. The number of carbonyl (C=O) groups excluding carboxylic acids is 3. The van der Waals surface area contributed by atoms with Gasteiger partial charge in [0, 0.05) is 18.9 Å². The Labute approximate surface area is 152 Å². The van der Waals surface area contributed by atoms with Crippen LogP contribution in [0.3, 0.4) is 0 Å². The van der Waals surface area contributed by atoms with Crippen molar-refractivity contribution in [3.8, 4) is 5.75 Å². The zero-order chi connectivity index (χ0) is 19.3. The molecule has 0 atom stereocenters. The van der Waals surface area contributed by atoms with Crippen molar-refractivity contribution in [2.75, 3.05) is 18.6 Å². The van der Waals surface area contributed by atoms with E-state index in [1.165, 1.54) is 20.1 Å². The van der Waals surface area contributed by atoms with Crippen molar-refractivity contribution in [1.82, 2.24) is 0 Å². The molecule has 0 spiro atoms. The van der Waals surface area contributed by atoms with Crippen LogP contribution in [0.1, 0.15) is 45.6 Å². The normalized spacial score (nSPS) is 14.8. The van der Waals surface area contributed by atoms with Crippen molar-refractivity contribution in [2.45, 2.75) is 40.0 Å². The summed E-state index contributed by atoms with van der Waals surface area (Å²) >= 11 is 0. The number of allylic oxidation sites excluding steroid dienone is 1. The number of nitrogens with zero attached hydrogens (tertiary/aromatic N) is 1. The lowest BCUT2D eigenvalue weighted by Gasteiger charge is -2.13. The maximum atomic E-state index is 12.9. The Bertz CT molecular complexity index is 752. The summed E-state index contributed by atoms with van der Waals surface area (Å²) in [4.78, 5) is 37.4. The van der Waals surface area contributed by atoms with Gasteiger partial charge in [-0.3, -0.25) is 9.59 Å². The number of benzene rings is 1. The van der Waals surface area contributed by atoms with E-state index in [2.05, 4.69) is 4.74 Å². The number of amides is 2. The molecule has 1 aromatic rings. The van der Waals surface area contributed by atoms with E-state index in [1.54, 1.807) is 12.1 Å². The smallest absolute Gasteiger partial charge is 0.497 e. The molecule has 1 heterocycles. The quantitative estimate of drug-likeness (QED) is 0.333. The number of fused-ring (bicyclic) bond motifs is 1. The van der Waals surface area contributed by atoms with Crippen molar-refractivity contribution < 1.29 is 28.6 Å². The molecule has 1 aliphatic heterocycles. The van der Waals surface area contributed by atoms with Gasteiger partial charge in [-0.1, -0.05) is 13.3 Å². The molecular formula is C19H23NO6. The number of carbonyl (C=O) groups is 3. The van der Waals surface area contributed by atoms with E-state index >= 15 is 0 Å². The summed E-state index contributed by atoms with van der Waals surface area (Å²) in [5.74, 6) is -0.0568. The number of methoxy groups -OCH3 is 1. The molecule has 0 aromatic heterocycles. The van der Waals surface area contributed by atoms with Crippen LogP contribution < -0.4 is 9.64 Å². The van der Waals surface area contributed by atoms with Gasteiger partial charge in [0.05, 0.1) is 25.0 Å². The summed E-state index contributed by atoms with van der Waals surface area (Å²) in [6.07, 6.45) is 1.50. The van der Waals surface area contributed by atoms with Crippen LogP contribution in [0.15, 0.2) is 24.0 Å². The third-order valence-corrected chi connectivity index (χ3v) is 3.93. The molecule has 1 aliphatic rings. The molecule has 0 aliphatic carbocycles. The molecule has 140 valence electrons. The summed E-state index contributed by atoms with van der Waals surface area (Å²) < 4.78 is 15.3. The van der Waals surface area contributed by atoms with Crippen molar-refractivity contribution >= 4 is 29.2 Å². The average molecular weight is 361 g/mol. The van der Waals surface area contributed by atoms with Crippen LogP contribution in [0.25, 0.3) is 5.57 Å². The minimum atomic E-state index is -0.862. The fourth-order valence-corrected chi connectivity index (χ4v) is 2.81. The van der Waals surface area contributed by atoms with Crippen LogP contribution in [0, 0.1) is 0 Å². The predicted molar refractivity (Wildman–Crippen MR) is 95.7 cm³/mol. The van der Waals surface area contributed by atoms with Gasteiger partial charge in [-0.05, 0) is 31.5 Å². The van der Waals surface area contributed by atoms with Crippen molar-refractivity contribution in [1.29, 1.82) is 0 Å². The molecule has 1 aromatic carbocycles. The van der Waals surface area contributed by atoms with Gasteiger partial charge >= 0.3 is 6.16 Å². The van der Waals surface area contributed by atoms with Crippen LogP contribution in [-0.4, -0.2) is 31.7 Å². The van der Waals surface area contributed by atoms with Crippen molar-refractivity contribution in [2.24, 2.45) is 0 Å². The first-order valence-corrected chi connectivity index (χ1v) is 8.55. The number of hydrogen-bond acceptors (Lipinski definition) is 6. The molecular weight excluding hydrogens is 338 g/mol. The number of hydrogen-bond donors (Lipinski definition) is 0. The minimum absolute atomic E-state index is 0.220. The van der Waals surface area contributed by atoms with Crippen LogP contribution in [-0.2, 0) is 19.1 Å². The van der Waals surface area contributed by atoms with Crippen molar-refractivity contribution in [3.63, 3.8) is 0 Å². The van der Waals surface area contributed by atoms with Gasteiger partial charge in [0.1, 0.15) is 11.5 Å². The fraction of sp³-hybridized carbons (Fsp3) is 0.421. The van der Waals surface area contributed by atoms with Crippen molar-refractivity contribution in [3.05, 3.63) is 29.5 Å². The van der Waals surface area contributed by atoms with Gasteiger partial charge in [-0.2, -0.15) is 0 Å². The van der Waals surface area contributed by atoms with Gasteiger partial charge in [0.2, 0.25) is 5.91 Å². The topological polar surface area (TPSA) is 82.1 Å². The molecule has 7 heteroatoms. The van der Waals surface area contributed by atoms with Gasteiger partial charge in [-0.15, -0.1) is 0 Å². The molecule has 2 rings (SSSR count). The second kappa shape index (κ2) is 8.51. The first-order chi connectivity index (χ1) is 12.4. The molecule has 0 fully saturated rings. The standard InChI is InChI=1S/C19H23NO6/c1-5-7-8-16(25-6-2)17-14-11-13(26-19(23)24-4)9-10-15(14)20(12(3)21)18(17)22/h9-11H,5-8H2,1-4H3. The lowest BCUT2D eigenvalue weighted by molar-refractivity contribution is -0.122. The summed E-state index contributed by atoms with van der Waals surface area (Å²) in [6, 6.07) is 4.63. The highest BCUT2D eigenvalue weighted by Gasteiger charge is 2.38. The highest BCUT2D eigenvalue weighted by molar-refractivity contribution is 6.39. The SMILES string of the molecule is CCCCC(OCC)=C1C(=O)N(C(C)=O)c2ccc(OC(=O)OC)cc21. The summed E-state index contributed by atoms with van der Waals surface area (Å²) in [6.45, 7) is 5.62. The van der Waals surface area contributed by atoms with Gasteiger partial charge in [-0.25, -0.2) is 9.69 Å². The highest BCUT2D eigenvalue weighted by Crippen LogP contribution is 2.41. The highest BCUT2D eigenvalue weighted by atomic mass is 16.7. The number of unbranched alkanes of at least 4 members (excludes halogenated alkanes) is 1. The number of ether oxygens (including phenoxy) is 3. The largest absolute Gasteiger partial charge is 0.513 e. The predicted octanol–water partition coefficient (Wildman–Crippen LogP) is 3.66. The van der Waals surface area contributed by atoms with Crippen LogP contribution in [0.4, 0.5) is 10.5 Å². The maximum Gasteiger partial charge on any atom is 0.513 e. The molecule has 0 N–H and O–H groups in total. The molecule has 0 saturated carbocycles. The monoisotopic (exact) mass is 361 g/mol. The Kier molecular flexibility index (Phi) is 6.38. The van der Waals surface area contributed by atoms with E-state index < -0.39 is 12.1 Å². The molecule has 26 heavy (non-hydrogen) atoms. The molecule has 0 bridgehead atoms. The zero-order valence-corrected chi connectivity index (χ0v) is 15.5. The third-order valence-electron chi connectivity index (χ3n) is 3.93. The Morgan fingerprint density at radius 1 is 1.19 bits per heavy atom. The fourth-order valence-electron chi connectivity index (χ4n) is 2.81. The van der Waals surface area contributed by atoms with Crippen LogP contribution in [0.5, 0.6) is 5.75 Å². The zero-order valence-electron chi connectivity index (χ0n) is 15.5. The number of anilines is 1. The Hall–Kier alpha value is -2.83. The van der Waals surface area contributed by atoms with E-state index in [9.17, 15) is 14.4 Å². The third kappa shape index (κ3) is 3.87.